The maximum atomic E-state index is 5.30. The van der Waals surface area contributed by atoms with Crippen molar-refractivity contribution in [2.24, 2.45) is 0 Å². The molecular formula is C13H19N3O. The van der Waals surface area contributed by atoms with Crippen LogP contribution in [0.25, 0.3) is 10.9 Å². The number of hydrogen-bond acceptors (Lipinski definition) is 3. The molecule has 1 heterocycles. The molecule has 0 aliphatic carbocycles. The Hall–Kier alpha value is -1.39. The van der Waals surface area contributed by atoms with Crippen molar-refractivity contribution in [1.82, 2.24) is 15.1 Å². The second kappa shape index (κ2) is 5.29. The average Bonchev–Trinajstić information content (AvgIpc) is 2.69. The summed E-state index contributed by atoms with van der Waals surface area (Å²) in [4.78, 5) is 0. The molecule has 0 aliphatic rings. The second-order valence-electron chi connectivity index (χ2n) is 4.22. The van der Waals surface area contributed by atoms with Crippen molar-refractivity contribution in [2.75, 3.05) is 14.2 Å². The quantitative estimate of drug-likeness (QED) is 0.855. The van der Waals surface area contributed by atoms with Gasteiger partial charge in [0.25, 0.3) is 0 Å². The number of benzene rings is 1. The minimum Gasteiger partial charge on any atom is -0.380 e. The van der Waals surface area contributed by atoms with Gasteiger partial charge in [0.15, 0.2) is 0 Å². The molecule has 0 saturated carbocycles. The van der Waals surface area contributed by atoms with Crippen LogP contribution < -0.4 is 5.32 Å². The monoisotopic (exact) mass is 233 g/mol. The van der Waals surface area contributed by atoms with Crippen molar-refractivity contribution < 1.29 is 4.74 Å². The molecule has 1 atom stereocenters. The van der Waals surface area contributed by atoms with Gasteiger partial charge >= 0.3 is 0 Å². The lowest BCUT2D eigenvalue weighted by Gasteiger charge is -2.09. The molecule has 4 heteroatoms. The number of hydrogen-bond donors (Lipinski definition) is 1. The van der Waals surface area contributed by atoms with Crippen LogP contribution in [0, 0.1) is 0 Å². The molecular weight excluding hydrogens is 214 g/mol. The van der Waals surface area contributed by atoms with Crippen LogP contribution in [0.2, 0.25) is 0 Å². The number of fused-ring (bicyclic) bond motifs is 1. The fourth-order valence-corrected chi connectivity index (χ4v) is 1.95. The van der Waals surface area contributed by atoms with Gasteiger partial charge in [-0.25, -0.2) is 0 Å². The van der Waals surface area contributed by atoms with Crippen LogP contribution in [-0.4, -0.2) is 30.0 Å². The van der Waals surface area contributed by atoms with E-state index in [1.165, 1.54) is 10.9 Å². The Balaban J connectivity index is 2.41. The number of para-hydroxylation sites is 1. The third-order valence-electron chi connectivity index (χ3n) is 2.91. The van der Waals surface area contributed by atoms with Crippen molar-refractivity contribution in [2.45, 2.75) is 26.1 Å². The minimum atomic E-state index is 0.167. The van der Waals surface area contributed by atoms with Crippen molar-refractivity contribution in [1.29, 1.82) is 0 Å². The summed E-state index contributed by atoms with van der Waals surface area (Å²) in [5.74, 6) is 0. The molecule has 0 saturated heterocycles. The lowest BCUT2D eigenvalue weighted by molar-refractivity contribution is 0.101. The van der Waals surface area contributed by atoms with Gasteiger partial charge < -0.3 is 10.1 Å². The standard InChI is InChI=1S/C13H19N3O/c1-10(17-3)9-16-13-7-5-4-6-11(13)12(15-16)8-14-2/h4-7,10,14H,8-9H2,1-3H3. The fraction of sp³-hybridized carbons (Fsp3) is 0.462. The highest BCUT2D eigenvalue weighted by atomic mass is 16.5. The Morgan fingerprint density at radius 1 is 1.41 bits per heavy atom. The van der Waals surface area contributed by atoms with E-state index in [0.717, 1.165) is 18.8 Å². The third-order valence-corrected chi connectivity index (χ3v) is 2.91. The van der Waals surface area contributed by atoms with E-state index >= 15 is 0 Å². The van der Waals surface area contributed by atoms with Gasteiger partial charge in [0, 0.05) is 19.0 Å². The van der Waals surface area contributed by atoms with Gasteiger partial charge in [0.2, 0.25) is 0 Å². The molecule has 0 radical (unpaired) electrons. The van der Waals surface area contributed by atoms with Crippen LogP contribution in [0.15, 0.2) is 24.3 Å². The van der Waals surface area contributed by atoms with E-state index < -0.39 is 0 Å². The van der Waals surface area contributed by atoms with Crippen LogP contribution >= 0.6 is 0 Å². The normalized spacial score (nSPS) is 13.1. The highest BCUT2D eigenvalue weighted by Crippen LogP contribution is 2.18. The van der Waals surface area contributed by atoms with Crippen molar-refractivity contribution in [3.05, 3.63) is 30.0 Å². The van der Waals surface area contributed by atoms with Crippen LogP contribution in [0.3, 0.4) is 0 Å². The lowest BCUT2D eigenvalue weighted by Crippen LogP contribution is -2.16. The van der Waals surface area contributed by atoms with E-state index in [-0.39, 0.29) is 6.10 Å². The first kappa shape index (κ1) is 12.1. The molecule has 92 valence electrons. The Labute approximate surface area is 102 Å². The molecule has 2 aromatic rings. The Morgan fingerprint density at radius 3 is 2.88 bits per heavy atom. The molecule has 0 amide bonds. The van der Waals surface area contributed by atoms with Gasteiger partial charge in [0.05, 0.1) is 23.9 Å². The van der Waals surface area contributed by atoms with Crippen LogP contribution in [0.1, 0.15) is 12.6 Å². The highest BCUT2D eigenvalue weighted by Gasteiger charge is 2.11. The number of nitrogens with one attached hydrogen (secondary N) is 1. The smallest absolute Gasteiger partial charge is 0.0841 e. The first-order valence-corrected chi connectivity index (χ1v) is 5.88. The largest absolute Gasteiger partial charge is 0.380 e. The maximum Gasteiger partial charge on any atom is 0.0841 e. The first-order chi connectivity index (χ1) is 8.26. The summed E-state index contributed by atoms with van der Waals surface area (Å²) in [6.07, 6.45) is 0.167. The Bertz CT molecular complexity index is 492. The van der Waals surface area contributed by atoms with E-state index in [4.69, 9.17) is 4.74 Å². The number of methoxy groups -OCH3 is 1. The van der Waals surface area contributed by atoms with Gasteiger partial charge in [-0.15, -0.1) is 0 Å². The molecule has 17 heavy (non-hydrogen) atoms. The van der Waals surface area contributed by atoms with Crippen LogP contribution in [-0.2, 0) is 17.8 Å². The molecule has 2 rings (SSSR count). The average molecular weight is 233 g/mol. The molecule has 0 bridgehead atoms. The van der Waals surface area contributed by atoms with Gasteiger partial charge in [-0.3, -0.25) is 4.68 Å². The molecule has 4 nitrogen and oxygen atoms in total. The van der Waals surface area contributed by atoms with E-state index in [0.29, 0.717) is 0 Å². The number of aromatic nitrogens is 2. The zero-order valence-electron chi connectivity index (χ0n) is 10.6. The highest BCUT2D eigenvalue weighted by molar-refractivity contribution is 5.81. The van der Waals surface area contributed by atoms with Crippen LogP contribution in [0.5, 0.6) is 0 Å². The lowest BCUT2D eigenvalue weighted by atomic mass is 10.2. The Morgan fingerprint density at radius 2 is 2.18 bits per heavy atom. The zero-order valence-corrected chi connectivity index (χ0v) is 10.6. The zero-order chi connectivity index (χ0) is 12.3. The molecule has 0 aliphatic heterocycles. The van der Waals surface area contributed by atoms with E-state index in [9.17, 15) is 0 Å². The minimum absolute atomic E-state index is 0.167. The summed E-state index contributed by atoms with van der Waals surface area (Å²) in [5.41, 5.74) is 2.26. The van der Waals surface area contributed by atoms with Gasteiger partial charge in [-0.1, -0.05) is 18.2 Å². The summed E-state index contributed by atoms with van der Waals surface area (Å²) in [6.45, 7) is 3.61. The summed E-state index contributed by atoms with van der Waals surface area (Å²) in [5, 5.41) is 9.00. The van der Waals surface area contributed by atoms with E-state index in [1.54, 1.807) is 7.11 Å². The number of rotatable bonds is 5. The third kappa shape index (κ3) is 2.48. The topological polar surface area (TPSA) is 39.1 Å². The summed E-state index contributed by atoms with van der Waals surface area (Å²) < 4.78 is 7.32. The molecule has 1 aromatic heterocycles. The second-order valence-corrected chi connectivity index (χ2v) is 4.22. The summed E-state index contributed by atoms with van der Waals surface area (Å²) in [6, 6.07) is 8.31. The molecule has 1 aromatic carbocycles. The predicted octanol–water partition coefficient (Wildman–Crippen LogP) is 1.79. The van der Waals surface area contributed by atoms with Gasteiger partial charge in [0.1, 0.15) is 0 Å². The molecule has 1 N–H and O–H groups in total. The summed E-state index contributed by atoms with van der Waals surface area (Å²) >= 11 is 0. The Kier molecular flexibility index (Phi) is 3.76. The van der Waals surface area contributed by atoms with E-state index in [1.807, 2.05) is 30.8 Å². The fourth-order valence-electron chi connectivity index (χ4n) is 1.95. The van der Waals surface area contributed by atoms with Crippen molar-refractivity contribution >= 4 is 10.9 Å². The van der Waals surface area contributed by atoms with Gasteiger partial charge in [-0.2, -0.15) is 5.10 Å². The SMILES string of the molecule is CNCc1nn(CC(C)OC)c2ccccc12. The van der Waals surface area contributed by atoms with Crippen molar-refractivity contribution in [3.63, 3.8) is 0 Å². The maximum absolute atomic E-state index is 5.30. The molecule has 0 spiro atoms. The van der Waals surface area contributed by atoms with Crippen LogP contribution in [0.4, 0.5) is 0 Å². The van der Waals surface area contributed by atoms with Gasteiger partial charge in [-0.05, 0) is 20.0 Å². The summed E-state index contributed by atoms with van der Waals surface area (Å²) in [7, 11) is 3.66. The molecule has 0 fully saturated rings. The number of nitrogens with zero attached hydrogens (tertiary/aromatic N) is 2. The van der Waals surface area contributed by atoms with E-state index in [2.05, 4.69) is 22.5 Å². The molecule has 1 unspecified atom stereocenters. The number of ether oxygens (including phenoxy) is 1. The first-order valence-electron chi connectivity index (χ1n) is 5.88. The predicted molar refractivity (Wildman–Crippen MR) is 69.0 cm³/mol. The van der Waals surface area contributed by atoms with Crippen molar-refractivity contribution in [3.8, 4) is 0 Å².